The molecule has 21 heavy (non-hydrogen) atoms. The molecule has 4 nitrogen and oxygen atoms in total. The number of hydrogen-bond donors (Lipinski definition) is 2. The zero-order chi connectivity index (χ0) is 16.4. The number of carbonyl (C=O) groups excluding carboxylic acids is 1. The van der Waals surface area contributed by atoms with Gasteiger partial charge in [-0.1, -0.05) is 43.5 Å². The van der Waals surface area contributed by atoms with Crippen molar-refractivity contribution in [2.75, 3.05) is 5.32 Å². The Morgan fingerprint density at radius 2 is 1.81 bits per heavy atom. The first-order chi connectivity index (χ1) is 9.54. The van der Waals surface area contributed by atoms with Gasteiger partial charge in [0.05, 0.1) is 16.3 Å². The molecule has 0 saturated carbocycles. The molecule has 116 valence electrons. The van der Waals surface area contributed by atoms with Crippen LogP contribution in [0.5, 0.6) is 0 Å². The van der Waals surface area contributed by atoms with Gasteiger partial charge < -0.3 is 10.4 Å². The van der Waals surface area contributed by atoms with Crippen LogP contribution in [0, 0.1) is 0 Å². The molecule has 0 aliphatic rings. The van der Waals surface area contributed by atoms with Crippen LogP contribution < -0.4 is 5.32 Å². The number of amides is 1. The summed E-state index contributed by atoms with van der Waals surface area (Å²) in [5, 5.41) is 10.8. The molecule has 0 bridgehead atoms. The second kappa shape index (κ2) is 6.97. The van der Waals surface area contributed by atoms with Crippen molar-refractivity contribution in [2.24, 2.45) is 0 Å². The van der Waals surface area contributed by atoms with E-state index >= 15 is 0 Å². The van der Waals surface area contributed by atoms with Crippen LogP contribution in [0.4, 0.5) is 18.9 Å². The van der Waals surface area contributed by atoms with E-state index in [0.717, 1.165) is 12.1 Å². The maximum Gasteiger partial charge on any atom is 0.416 e. The van der Waals surface area contributed by atoms with Crippen LogP contribution in [0.15, 0.2) is 18.2 Å². The average Bonchev–Trinajstić information content (AvgIpc) is 2.37. The monoisotopic (exact) mass is 451 g/mol. The van der Waals surface area contributed by atoms with Gasteiger partial charge in [-0.15, -0.1) is 0 Å². The Labute approximate surface area is 138 Å². The molecule has 10 heteroatoms. The molecule has 0 radical (unpaired) electrons. The highest BCUT2D eigenvalue weighted by Gasteiger charge is 2.32. The quantitative estimate of drug-likeness (QED) is 0.680. The fourth-order valence-electron chi connectivity index (χ4n) is 1.26. The first kappa shape index (κ1) is 18.2. The molecular weight excluding hydrogens is 446 g/mol. The first-order valence-electron chi connectivity index (χ1n) is 5.22. The maximum absolute atomic E-state index is 12.6. The van der Waals surface area contributed by atoms with Crippen LogP contribution in [0.25, 0.3) is 0 Å². The van der Waals surface area contributed by atoms with Crippen molar-refractivity contribution in [1.82, 2.24) is 0 Å². The standard InChI is InChI=1S/C11H7Br2ClF3NO3/c12-7(8(13)10(20)21)9(19)18-6-3-4(11(15,16)17)1-2-5(6)14/h1-3,7-8H,(H,18,19)(H,20,21)/t7-,8+/m0/s1. The van der Waals surface area contributed by atoms with Gasteiger partial charge in [-0.25, -0.2) is 0 Å². The van der Waals surface area contributed by atoms with Crippen molar-refractivity contribution in [3.63, 3.8) is 0 Å². The predicted molar refractivity (Wildman–Crippen MR) is 78.1 cm³/mol. The van der Waals surface area contributed by atoms with Crippen LogP contribution in [-0.2, 0) is 15.8 Å². The lowest BCUT2D eigenvalue weighted by Gasteiger charge is -2.15. The molecular formula is C11H7Br2ClF3NO3. The molecule has 2 N–H and O–H groups in total. The lowest BCUT2D eigenvalue weighted by atomic mass is 10.2. The van der Waals surface area contributed by atoms with E-state index in [2.05, 4.69) is 37.2 Å². The Morgan fingerprint density at radius 1 is 1.24 bits per heavy atom. The molecule has 0 aliphatic carbocycles. The number of alkyl halides is 5. The number of halogens is 6. The van der Waals surface area contributed by atoms with Crippen LogP contribution in [-0.4, -0.2) is 26.6 Å². The van der Waals surface area contributed by atoms with E-state index in [9.17, 15) is 22.8 Å². The van der Waals surface area contributed by atoms with Crippen molar-refractivity contribution in [1.29, 1.82) is 0 Å². The minimum atomic E-state index is -4.59. The van der Waals surface area contributed by atoms with Gasteiger partial charge in [-0.05, 0) is 18.2 Å². The second-order valence-electron chi connectivity index (χ2n) is 3.82. The summed E-state index contributed by atoms with van der Waals surface area (Å²) in [5.41, 5.74) is -1.24. The Morgan fingerprint density at radius 3 is 2.29 bits per heavy atom. The summed E-state index contributed by atoms with van der Waals surface area (Å²) in [7, 11) is 0. The van der Waals surface area contributed by atoms with Crippen LogP contribution in [0.2, 0.25) is 5.02 Å². The number of hydrogen-bond acceptors (Lipinski definition) is 2. The number of carbonyl (C=O) groups is 2. The lowest BCUT2D eigenvalue weighted by molar-refractivity contribution is -0.138. The Kier molecular flexibility index (Phi) is 6.06. The normalized spacial score (nSPS) is 14.4. The summed E-state index contributed by atoms with van der Waals surface area (Å²) in [4.78, 5) is 20.1. The first-order valence-corrected chi connectivity index (χ1v) is 7.43. The molecule has 1 amide bonds. The molecule has 0 heterocycles. The highest BCUT2D eigenvalue weighted by molar-refractivity contribution is 9.12. The van der Waals surface area contributed by atoms with Crippen molar-refractivity contribution >= 4 is 61.0 Å². The van der Waals surface area contributed by atoms with Crippen molar-refractivity contribution in [2.45, 2.75) is 15.8 Å². The molecule has 0 fully saturated rings. The van der Waals surface area contributed by atoms with Gasteiger partial charge >= 0.3 is 12.1 Å². The second-order valence-corrected chi connectivity index (χ2v) is 6.20. The van der Waals surface area contributed by atoms with Gasteiger partial charge in [0.2, 0.25) is 5.91 Å². The van der Waals surface area contributed by atoms with Gasteiger partial charge in [0, 0.05) is 0 Å². The van der Waals surface area contributed by atoms with Gasteiger partial charge in [0.25, 0.3) is 0 Å². The molecule has 0 unspecified atom stereocenters. The largest absolute Gasteiger partial charge is 0.480 e. The summed E-state index contributed by atoms with van der Waals surface area (Å²) in [5.74, 6) is -2.15. The molecule has 1 aromatic carbocycles. The molecule has 1 rings (SSSR count). The third kappa shape index (κ3) is 4.86. The van der Waals surface area contributed by atoms with Gasteiger partial charge in [0.15, 0.2) is 0 Å². The van der Waals surface area contributed by atoms with E-state index in [1.165, 1.54) is 0 Å². The summed E-state index contributed by atoms with van der Waals surface area (Å²) in [6.07, 6.45) is -4.59. The smallest absolute Gasteiger partial charge is 0.416 e. The number of benzene rings is 1. The number of anilines is 1. The lowest BCUT2D eigenvalue weighted by Crippen LogP contribution is -2.34. The number of aliphatic carboxylic acids is 1. The molecule has 1 aromatic rings. The summed E-state index contributed by atoms with van der Waals surface area (Å²) in [6.45, 7) is 0. The van der Waals surface area contributed by atoms with Crippen LogP contribution in [0.1, 0.15) is 5.56 Å². The van der Waals surface area contributed by atoms with Crippen molar-refractivity contribution < 1.29 is 27.9 Å². The van der Waals surface area contributed by atoms with Gasteiger partial charge in [-0.3, -0.25) is 9.59 Å². The van der Waals surface area contributed by atoms with E-state index < -0.39 is 33.3 Å². The zero-order valence-electron chi connectivity index (χ0n) is 9.92. The van der Waals surface area contributed by atoms with Crippen LogP contribution >= 0.6 is 43.5 Å². The predicted octanol–water partition coefficient (Wildman–Crippen LogP) is 3.91. The maximum atomic E-state index is 12.6. The fraction of sp³-hybridized carbons (Fsp3) is 0.273. The minimum absolute atomic E-state index is 0.0995. The number of rotatable bonds is 4. The summed E-state index contributed by atoms with van der Waals surface area (Å²) in [6, 6.07) is 2.43. The SMILES string of the molecule is O=C(Nc1cc(C(F)(F)F)ccc1Cl)[C@@H](Br)[C@@H](Br)C(=O)O. The van der Waals surface area contributed by atoms with E-state index in [1.807, 2.05) is 0 Å². The highest BCUT2D eigenvalue weighted by atomic mass is 79.9. The summed E-state index contributed by atoms with van der Waals surface area (Å²) >= 11 is 11.3. The fourth-order valence-corrected chi connectivity index (χ4v) is 2.00. The van der Waals surface area contributed by atoms with E-state index in [4.69, 9.17) is 16.7 Å². The number of carboxylic acid groups (broad SMARTS) is 1. The molecule has 0 spiro atoms. The van der Waals surface area contributed by atoms with Crippen molar-refractivity contribution in [3.05, 3.63) is 28.8 Å². The third-order valence-corrected chi connectivity index (χ3v) is 5.20. The van der Waals surface area contributed by atoms with Crippen LogP contribution in [0.3, 0.4) is 0 Å². The molecule has 0 aliphatic heterocycles. The third-order valence-electron chi connectivity index (χ3n) is 2.29. The van der Waals surface area contributed by atoms with E-state index in [1.54, 1.807) is 0 Å². The van der Waals surface area contributed by atoms with E-state index in [0.29, 0.717) is 6.07 Å². The molecule has 0 saturated heterocycles. The van der Waals surface area contributed by atoms with Gasteiger partial charge in [0.1, 0.15) is 9.65 Å². The minimum Gasteiger partial charge on any atom is -0.480 e. The van der Waals surface area contributed by atoms with Crippen molar-refractivity contribution in [3.8, 4) is 0 Å². The Bertz CT molecular complexity index is 568. The average molecular weight is 453 g/mol. The topological polar surface area (TPSA) is 66.4 Å². The van der Waals surface area contributed by atoms with Gasteiger partial charge in [-0.2, -0.15) is 13.2 Å². The zero-order valence-corrected chi connectivity index (χ0v) is 13.8. The number of nitrogens with one attached hydrogen (secondary N) is 1. The Hall–Kier alpha value is -0.800. The Balaban J connectivity index is 2.97. The van der Waals surface area contributed by atoms with E-state index in [-0.39, 0.29) is 10.7 Å². The number of carboxylic acids is 1. The highest BCUT2D eigenvalue weighted by Crippen LogP contribution is 2.34. The summed E-state index contributed by atoms with van der Waals surface area (Å²) < 4.78 is 37.7. The molecule has 2 atom stereocenters. The molecule has 0 aromatic heterocycles.